The lowest BCUT2D eigenvalue weighted by molar-refractivity contribution is -0.136. The number of amidine groups is 1. The van der Waals surface area contributed by atoms with Crippen LogP contribution in [0.25, 0.3) is 11.3 Å². The second-order valence-electron chi connectivity index (χ2n) is 18.7. The summed E-state index contributed by atoms with van der Waals surface area (Å²) < 4.78 is 29.2. The lowest BCUT2D eigenvalue weighted by Crippen LogP contribution is -2.54. The Hall–Kier alpha value is -5.52. The van der Waals surface area contributed by atoms with Gasteiger partial charge in [0.25, 0.3) is 18.2 Å². The molecule has 0 bridgehead atoms. The van der Waals surface area contributed by atoms with Gasteiger partial charge in [0.1, 0.15) is 11.9 Å². The fourth-order valence-electron chi connectivity index (χ4n) is 10.9. The van der Waals surface area contributed by atoms with Gasteiger partial charge in [0.2, 0.25) is 17.7 Å². The summed E-state index contributed by atoms with van der Waals surface area (Å²) in [5.41, 5.74) is 13.4. The van der Waals surface area contributed by atoms with Crippen molar-refractivity contribution in [2.75, 3.05) is 77.4 Å². The number of rotatable bonds is 14. The average molecular weight is 910 g/mol. The zero-order valence-corrected chi connectivity index (χ0v) is 38.2. The molecule has 0 aliphatic carbocycles. The molecule has 0 saturated carbocycles. The van der Waals surface area contributed by atoms with Crippen molar-refractivity contribution in [2.24, 2.45) is 5.92 Å². The molecule has 0 radical (unpaired) electrons. The first-order chi connectivity index (χ1) is 31.8. The predicted molar refractivity (Wildman–Crippen MR) is 248 cm³/mol. The molecule has 6 aliphatic rings. The number of anilines is 1. The van der Waals surface area contributed by atoms with Crippen LogP contribution in [0.4, 0.5) is 14.5 Å². The zero-order valence-electron chi connectivity index (χ0n) is 38.2. The Kier molecular flexibility index (Phi) is 14.6. The van der Waals surface area contributed by atoms with Gasteiger partial charge in [-0.2, -0.15) is 0 Å². The maximum atomic E-state index is 14.6. The Balaban J connectivity index is 0.831. The fraction of sp³-hybridized carbons (Fsp3) is 0.551. The third-order valence-electron chi connectivity index (χ3n) is 14.5. The molecule has 5 N–H and O–H groups in total. The van der Waals surface area contributed by atoms with E-state index in [0.29, 0.717) is 66.2 Å². The SMILES string of the molecule is CN/C=C(\C[NH-])c1cc2c(cc1C(F)F)N(C(=N)C1=C(NC3CCN(CC4CCN(CCCc5cccc6c5C(=O)N(C5CCC(=O)NC5=O)C6=O)CC4)CC3)CCN(C(C)=O)C1)CCC2. The summed E-state index contributed by atoms with van der Waals surface area (Å²) in [5.74, 6) is -1.16. The molecule has 0 aromatic heterocycles. The fourth-order valence-corrected chi connectivity index (χ4v) is 10.9. The molecule has 3 saturated heterocycles. The molecule has 6 heterocycles. The van der Waals surface area contributed by atoms with Crippen LogP contribution in [0.2, 0.25) is 0 Å². The monoisotopic (exact) mass is 909 g/mol. The molecule has 3 fully saturated rings. The van der Waals surface area contributed by atoms with Crippen molar-refractivity contribution in [1.82, 2.24) is 35.6 Å². The first-order valence-electron chi connectivity index (χ1n) is 23.7. The Morgan fingerprint density at radius 1 is 0.955 bits per heavy atom. The molecule has 17 heteroatoms. The molecule has 354 valence electrons. The third-order valence-corrected chi connectivity index (χ3v) is 14.5. The Labute approximate surface area is 385 Å². The number of alkyl halides is 2. The number of piperidine rings is 3. The number of aryl methyl sites for hydroxylation is 2. The number of carbonyl (C=O) groups is 5. The smallest absolute Gasteiger partial charge is 0.264 e. The molecule has 2 aromatic carbocycles. The molecule has 15 nitrogen and oxygen atoms in total. The van der Waals surface area contributed by atoms with Crippen LogP contribution >= 0.6 is 0 Å². The normalized spacial score (nSPS) is 21.7. The number of fused-ring (bicyclic) bond motifs is 2. The van der Waals surface area contributed by atoms with Crippen LogP contribution in [0, 0.1) is 11.3 Å². The van der Waals surface area contributed by atoms with E-state index in [0.717, 1.165) is 105 Å². The van der Waals surface area contributed by atoms with E-state index in [1.54, 1.807) is 43.3 Å². The van der Waals surface area contributed by atoms with E-state index < -0.39 is 36.1 Å². The molecule has 2 aromatic rings. The number of halogens is 2. The standard InChI is InChI=1S/C49H63F2N10O5/c1-30(62)59-23-16-40(39(29-59)46(53)60-18-5-8-33-24-37(34(26-52)27-54-2)38(45(50)51)25-42(33)60)55-35-14-21-58(22-15-35)28-31-12-19-57(20-13-31)17-4-7-32-6-3-9-36-44(32)49(66)61(48(36)65)41-10-11-43(63)56-47(41)64/h3,6,9,24-25,27,31,35,41,45,52-55H,4-5,7-8,10-23,26,28-29H2,1-2H3,(H,56,63,64)/q-1/b34-27+,53-46?. The van der Waals surface area contributed by atoms with E-state index in [1.165, 1.54) is 6.07 Å². The summed E-state index contributed by atoms with van der Waals surface area (Å²) in [4.78, 5) is 73.3. The van der Waals surface area contributed by atoms with Gasteiger partial charge in [-0.1, -0.05) is 12.1 Å². The minimum atomic E-state index is -2.75. The van der Waals surface area contributed by atoms with Crippen LogP contribution in [-0.2, 0) is 27.2 Å². The van der Waals surface area contributed by atoms with Gasteiger partial charge >= 0.3 is 0 Å². The molecule has 5 amide bonds. The lowest BCUT2D eigenvalue weighted by Gasteiger charge is -2.40. The van der Waals surface area contributed by atoms with Crippen LogP contribution in [0.5, 0.6) is 0 Å². The summed E-state index contributed by atoms with van der Waals surface area (Å²) in [6.07, 6.45) is 6.69. The molecule has 1 unspecified atom stereocenters. The second-order valence-corrected chi connectivity index (χ2v) is 18.7. The summed E-state index contributed by atoms with van der Waals surface area (Å²) in [5, 5.41) is 18.5. The van der Waals surface area contributed by atoms with Gasteiger partial charge in [-0.25, -0.2) is 8.78 Å². The maximum absolute atomic E-state index is 14.6. The average Bonchev–Trinajstić information content (AvgIpc) is 3.57. The highest BCUT2D eigenvalue weighted by atomic mass is 19.3. The van der Waals surface area contributed by atoms with Crippen molar-refractivity contribution in [1.29, 1.82) is 5.41 Å². The zero-order chi connectivity index (χ0) is 46.6. The first-order valence-corrected chi connectivity index (χ1v) is 23.7. The maximum Gasteiger partial charge on any atom is 0.264 e. The van der Waals surface area contributed by atoms with Crippen molar-refractivity contribution < 1.29 is 32.8 Å². The van der Waals surface area contributed by atoms with Gasteiger partial charge in [-0.05, 0) is 130 Å². The van der Waals surface area contributed by atoms with Gasteiger partial charge in [0.05, 0.1) is 17.7 Å². The van der Waals surface area contributed by atoms with Crippen LogP contribution in [0.15, 0.2) is 47.8 Å². The summed E-state index contributed by atoms with van der Waals surface area (Å²) >= 11 is 0. The van der Waals surface area contributed by atoms with Gasteiger partial charge in [-0.15, -0.1) is 6.54 Å². The number of imide groups is 2. The third kappa shape index (κ3) is 9.93. The number of carbonyl (C=O) groups excluding carboxylic acids is 5. The molecular formula is C49H63F2N10O5-. The van der Waals surface area contributed by atoms with E-state index in [9.17, 15) is 38.2 Å². The lowest BCUT2D eigenvalue weighted by atomic mass is 9.91. The van der Waals surface area contributed by atoms with Crippen LogP contribution in [0.3, 0.4) is 0 Å². The predicted octanol–water partition coefficient (Wildman–Crippen LogP) is 5.27. The molecule has 1 atom stereocenters. The van der Waals surface area contributed by atoms with Gasteiger partial charge in [0, 0.05) is 88.1 Å². The summed E-state index contributed by atoms with van der Waals surface area (Å²) in [6.45, 7) is 8.60. The molecular weight excluding hydrogens is 847 g/mol. The number of nitrogens with zero attached hydrogens (tertiary/aromatic N) is 5. The van der Waals surface area contributed by atoms with E-state index in [1.807, 2.05) is 11.0 Å². The quantitative estimate of drug-likeness (QED) is 0.111. The topological polar surface area (TPSA) is 185 Å². The van der Waals surface area contributed by atoms with E-state index in [-0.39, 0.29) is 49.3 Å². The van der Waals surface area contributed by atoms with Crippen molar-refractivity contribution in [3.8, 4) is 0 Å². The van der Waals surface area contributed by atoms with Crippen molar-refractivity contribution >= 4 is 46.6 Å². The van der Waals surface area contributed by atoms with E-state index in [4.69, 9.17) is 5.73 Å². The Morgan fingerprint density at radius 3 is 2.41 bits per heavy atom. The molecule has 6 aliphatic heterocycles. The highest BCUT2D eigenvalue weighted by molar-refractivity contribution is 6.24. The van der Waals surface area contributed by atoms with Crippen LogP contribution < -0.4 is 20.9 Å². The summed E-state index contributed by atoms with van der Waals surface area (Å²) in [6, 6.07) is 7.85. The van der Waals surface area contributed by atoms with Crippen molar-refractivity contribution in [3.05, 3.63) is 86.9 Å². The van der Waals surface area contributed by atoms with Gasteiger partial charge in [0.15, 0.2) is 0 Å². The largest absolute Gasteiger partial charge is 0.674 e. The number of nitrogens with one attached hydrogen (secondary N) is 5. The highest BCUT2D eigenvalue weighted by Gasteiger charge is 2.45. The van der Waals surface area contributed by atoms with Crippen molar-refractivity contribution in [2.45, 2.75) is 96.1 Å². The van der Waals surface area contributed by atoms with E-state index >= 15 is 0 Å². The molecule has 66 heavy (non-hydrogen) atoms. The number of hydrogen-bond acceptors (Lipinski definition) is 10. The number of benzene rings is 2. The second kappa shape index (κ2) is 20.6. The number of amides is 5. The highest BCUT2D eigenvalue weighted by Crippen LogP contribution is 2.39. The van der Waals surface area contributed by atoms with Crippen LogP contribution in [-0.4, -0.2) is 140 Å². The first kappa shape index (κ1) is 47.0. The minimum Gasteiger partial charge on any atom is -0.674 e. The minimum absolute atomic E-state index is 0.0606. The Bertz CT molecular complexity index is 2300. The molecule has 8 rings (SSSR count). The van der Waals surface area contributed by atoms with Gasteiger partial charge < -0.3 is 36.0 Å². The molecule has 0 spiro atoms. The van der Waals surface area contributed by atoms with Crippen LogP contribution in [0.1, 0.15) is 114 Å². The summed E-state index contributed by atoms with van der Waals surface area (Å²) in [7, 11) is 1.69. The Morgan fingerprint density at radius 2 is 1.71 bits per heavy atom. The van der Waals surface area contributed by atoms with Crippen molar-refractivity contribution in [3.63, 3.8) is 0 Å². The number of hydrogen-bond donors (Lipinski definition) is 4. The number of likely N-dealkylation sites (tertiary alicyclic amines) is 2. The van der Waals surface area contributed by atoms with E-state index in [2.05, 4.69) is 25.8 Å². The van der Waals surface area contributed by atoms with Gasteiger partial charge in [-0.3, -0.25) is 39.6 Å².